The van der Waals surface area contributed by atoms with Crippen LogP contribution in [0, 0.1) is 5.92 Å². The van der Waals surface area contributed by atoms with Gasteiger partial charge in [-0.1, -0.05) is 43.7 Å². The Morgan fingerprint density at radius 1 is 1.31 bits per heavy atom. The number of hydrogen-bond donors (Lipinski definition) is 1. The number of ketones is 1. The molecule has 0 aliphatic carbocycles. The molecule has 2 nitrogen and oxygen atoms in total. The van der Waals surface area contributed by atoms with E-state index in [9.17, 15) is 4.79 Å². The number of rotatable bonds is 5. The van der Waals surface area contributed by atoms with Crippen LogP contribution in [0.3, 0.4) is 0 Å². The standard InChI is InChI=1S/C14H21NO/c1-4-8-12(14(2,3)15)13(16)11-9-6-5-7-10-11/h5-7,9-10,12H,4,8,15H2,1-3H3. The van der Waals surface area contributed by atoms with E-state index in [1.54, 1.807) is 0 Å². The van der Waals surface area contributed by atoms with E-state index in [1.807, 2.05) is 44.2 Å². The number of benzene rings is 1. The van der Waals surface area contributed by atoms with Crippen molar-refractivity contribution in [2.24, 2.45) is 11.7 Å². The molecule has 0 radical (unpaired) electrons. The van der Waals surface area contributed by atoms with E-state index in [1.165, 1.54) is 0 Å². The Morgan fingerprint density at radius 3 is 2.31 bits per heavy atom. The molecule has 0 saturated carbocycles. The summed E-state index contributed by atoms with van der Waals surface area (Å²) in [7, 11) is 0. The van der Waals surface area contributed by atoms with Gasteiger partial charge >= 0.3 is 0 Å². The van der Waals surface area contributed by atoms with Gasteiger partial charge in [-0.05, 0) is 20.3 Å². The second kappa shape index (κ2) is 5.26. The lowest BCUT2D eigenvalue weighted by atomic mass is 9.79. The van der Waals surface area contributed by atoms with Crippen LogP contribution < -0.4 is 5.73 Å². The van der Waals surface area contributed by atoms with E-state index >= 15 is 0 Å². The third kappa shape index (κ3) is 3.17. The summed E-state index contributed by atoms with van der Waals surface area (Å²) in [6.07, 6.45) is 1.82. The van der Waals surface area contributed by atoms with Gasteiger partial charge in [0.05, 0.1) is 0 Å². The molecule has 1 aromatic carbocycles. The molecule has 1 unspecified atom stereocenters. The fourth-order valence-electron chi connectivity index (χ4n) is 1.93. The molecule has 0 spiro atoms. The minimum absolute atomic E-state index is 0.0973. The topological polar surface area (TPSA) is 43.1 Å². The van der Waals surface area contributed by atoms with Crippen molar-refractivity contribution in [3.8, 4) is 0 Å². The van der Waals surface area contributed by atoms with Crippen molar-refractivity contribution in [1.29, 1.82) is 0 Å². The summed E-state index contributed by atoms with van der Waals surface area (Å²) >= 11 is 0. The molecule has 0 amide bonds. The molecule has 1 aromatic rings. The van der Waals surface area contributed by atoms with Crippen molar-refractivity contribution in [2.75, 3.05) is 0 Å². The molecule has 0 fully saturated rings. The largest absolute Gasteiger partial charge is 0.325 e. The SMILES string of the molecule is CCCC(C(=O)c1ccccc1)C(C)(C)N. The molecule has 0 heterocycles. The third-order valence-electron chi connectivity index (χ3n) is 2.85. The van der Waals surface area contributed by atoms with Crippen molar-refractivity contribution in [1.82, 2.24) is 0 Å². The van der Waals surface area contributed by atoms with E-state index < -0.39 is 5.54 Å². The highest BCUT2D eigenvalue weighted by Crippen LogP contribution is 2.23. The Hall–Kier alpha value is -1.15. The van der Waals surface area contributed by atoms with Gasteiger partial charge in [-0.25, -0.2) is 0 Å². The smallest absolute Gasteiger partial charge is 0.167 e. The molecule has 0 bridgehead atoms. The molecule has 88 valence electrons. The van der Waals surface area contributed by atoms with Crippen LogP contribution in [0.25, 0.3) is 0 Å². The van der Waals surface area contributed by atoms with Crippen LogP contribution in [-0.4, -0.2) is 11.3 Å². The fourth-order valence-corrected chi connectivity index (χ4v) is 1.93. The van der Waals surface area contributed by atoms with Gasteiger partial charge in [0.25, 0.3) is 0 Å². The number of Topliss-reactive ketones (excluding diaryl/α,β-unsaturated/α-hetero) is 1. The second-order valence-electron chi connectivity index (χ2n) is 4.89. The predicted octanol–water partition coefficient (Wildman–Crippen LogP) is 3.02. The molecule has 0 aliphatic rings. The zero-order chi connectivity index (χ0) is 12.2. The Bertz CT molecular complexity index is 338. The monoisotopic (exact) mass is 219 g/mol. The van der Waals surface area contributed by atoms with Crippen LogP contribution >= 0.6 is 0 Å². The summed E-state index contributed by atoms with van der Waals surface area (Å²) in [5, 5.41) is 0. The van der Waals surface area contributed by atoms with Gasteiger partial charge in [-0.15, -0.1) is 0 Å². The van der Waals surface area contributed by atoms with Crippen molar-refractivity contribution in [3.63, 3.8) is 0 Å². The third-order valence-corrected chi connectivity index (χ3v) is 2.85. The van der Waals surface area contributed by atoms with Crippen LogP contribution in [0.1, 0.15) is 44.0 Å². The Kier molecular flexibility index (Phi) is 4.25. The number of nitrogens with two attached hydrogens (primary N) is 1. The van der Waals surface area contributed by atoms with E-state index in [0.29, 0.717) is 0 Å². The molecule has 1 rings (SSSR count). The molecule has 0 aliphatic heterocycles. The molecule has 2 heteroatoms. The molecular formula is C14H21NO. The van der Waals surface area contributed by atoms with E-state index in [-0.39, 0.29) is 11.7 Å². The van der Waals surface area contributed by atoms with Crippen molar-refractivity contribution < 1.29 is 4.79 Å². The number of carbonyl (C=O) groups is 1. The Morgan fingerprint density at radius 2 is 1.88 bits per heavy atom. The quantitative estimate of drug-likeness (QED) is 0.773. The zero-order valence-electron chi connectivity index (χ0n) is 10.4. The van der Waals surface area contributed by atoms with Gasteiger partial charge in [0.1, 0.15) is 0 Å². The summed E-state index contributed by atoms with van der Waals surface area (Å²) in [5.74, 6) is 0.0647. The lowest BCUT2D eigenvalue weighted by Gasteiger charge is -2.29. The Balaban J connectivity index is 2.92. The van der Waals surface area contributed by atoms with E-state index in [0.717, 1.165) is 18.4 Å². The summed E-state index contributed by atoms with van der Waals surface area (Å²) in [6.45, 7) is 5.93. The van der Waals surface area contributed by atoms with Crippen LogP contribution in [0.2, 0.25) is 0 Å². The summed E-state index contributed by atoms with van der Waals surface area (Å²) < 4.78 is 0. The minimum atomic E-state index is -0.455. The first kappa shape index (κ1) is 12.9. The summed E-state index contributed by atoms with van der Waals surface area (Å²) in [5.41, 5.74) is 6.39. The summed E-state index contributed by atoms with van der Waals surface area (Å²) in [6, 6.07) is 9.41. The van der Waals surface area contributed by atoms with Gasteiger partial charge in [0.15, 0.2) is 5.78 Å². The highest BCUT2D eigenvalue weighted by molar-refractivity contribution is 5.98. The van der Waals surface area contributed by atoms with Crippen molar-refractivity contribution in [2.45, 2.75) is 39.2 Å². The second-order valence-corrected chi connectivity index (χ2v) is 4.89. The maximum Gasteiger partial charge on any atom is 0.167 e. The van der Waals surface area contributed by atoms with Crippen molar-refractivity contribution >= 4 is 5.78 Å². The highest BCUT2D eigenvalue weighted by Gasteiger charge is 2.31. The molecule has 0 aromatic heterocycles. The lowest BCUT2D eigenvalue weighted by Crippen LogP contribution is -2.45. The van der Waals surface area contributed by atoms with E-state index in [4.69, 9.17) is 5.73 Å². The predicted molar refractivity (Wildman–Crippen MR) is 67.4 cm³/mol. The van der Waals surface area contributed by atoms with Crippen molar-refractivity contribution in [3.05, 3.63) is 35.9 Å². The van der Waals surface area contributed by atoms with Gasteiger partial charge < -0.3 is 5.73 Å². The highest BCUT2D eigenvalue weighted by atomic mass is 16.1. The normalized spacial score (nSPS) is 13.5. The van der Waals surface area contributed by atoms with Gasteiger partial charge in [0.2, 0.25) is 0 Å². The molecule has 2 N–H and O–H groups in total. The minimum Gasteiger partial charge on any atom is -0.325 e. The lowest BCUT2D eigenvalue weighted by molar-refractivity contribution is 0.0857. The molecule has 16 heavy (non-hydrogen) atoms. The average Bonchev–Trinajstić information content (AvgIpc) is 2.25. The number of carbonyl (C=O) groups excluding carboxylic acids is 1. The molecular weight excluding hydrogens is 198 g/mol. The molecule has 0 saturated heterocycles. The van der Waals surface area contributed by atoms with Crippen LogP contribution in [0.4, 0.5) is 0 Å². The number of hydrogen-bond acceptors (Lipinski definition) is 2. The summed E-state index contributed by atoms with van der Waals surface area (Å²) in [4.78, 5) is 12.3. The Labute approximate surface area is 97.9 Å². The van der Waals surface area contributed by atoms with Gasteiger partial charge in [0, 0.05) is 17.0 Å². The van der Waals surface area contributed by atoms with Crippen LogP contribution in [0.5, 0.6) is 0 Å². The van der Waals surface area contributed by atoms with E-state index in [2.05, 4.69) is 6.92 Å². The first-order chi connectivity index (χ1) is 7.46. The van der Waals surface area contributed by atoms with Crippen LogP contribution in [-0.2, 0) is 0 Å². The maximum atomic E-state index is 12.3. The first-order valence-electron chi connectivity index (χ1n) is 5.85. The molecule has 1 atom stereocenters. The van der Waals surface area contributed by atoms with Crippen LogP contribution in [0.15, 0.2) is 30.3 Å². The fraction of sp³-hybridized carbons (Fsp3) is 0.500. The first-order valence-corrected chi connectivity index (χ1v) is 5.85. The maximum absolute atomic E-state index is 12.3. The zero-order valence-corrected chi connectivity index (χ0v) is 10.4. The van der Waals surface area contributed by atoms with Gasteiger partial charge in [-0.2, -0.15) is 0 Å². The average molecular weight is 219 g/mol. The van der Waals surface area contributed by atoms with Gasteiger partial charge in [-0.3, -0.25) is 4.79 Å².